The number of rotatable bonds is 6. The van der Waals surface area contributed by atoms with Crippen molar-refractivity contribution in [2.24, 2.45) is 7.05 Å². The smallest absolute Gasteiger partial charge is 0.341 e. The van der Waals surface area contributed by atoms with E-state index in [-0.39, 0.29) is 17.0 Å². The summed E-state index contributed by atoms with van der Waals surface area (Å²) in [6.45, 7) is 1.10. The summed E-state index contributed by atoms with van der Waals surface area (Å²) in [6.07, 6.45) is 8.09. The van der Waals surface area contributed by atoms with Crippen molar-refractivity contribution >= 4 is 45.8 Å². The molecule has 11 heteroatoms. The fraction of sp³-hybridized carbons (Fsp3) is 0.250. The van der Waals surface area contributed by atoms with Gasteiger partial charge in [0.05, 0.1) is 28.6 Å². The van der Waals surface area contributed by atoms with Crippen LogP contribution in [0.1, 0.15) is 23.2 Å². The summed E-state index contributed by atoms with van der Waals surface area (Å²) in [5.41, 5.74) is 0.285. The second-order valence-electron chi connectivity index (χ2n) is 8.36. The Morgan fingerprint density at radius 3 is 2.77 bits per heavy atom. The van der Waals surface area contributed by atoms with E-state index in [1.807, 2.05) is 13.1 Å². The first-order valence-electron chi connectivity index (χ1n) is 10.9. The molecular formula is C24H21Cl2N5O4. The first-order chi connectivity index (χ1) is 16.8. The first kappa shape index (κ1) is 23.2. The standard InChI is InChI=1S/C24H21Cl2N5O4/c1-29-11-21(28-13-29)31-10-16(24(33)34)22(32)15-8-18(26)20(9-19(15)31)30-7-3-4-14(30)12-35-23-17(25)5-2-6-27-23/h2,5-6,8-11,13-14H,3-4,7,12H2,1H3,(H,33,34)/t14-/m1/s1. The first-order valence-corrected chi connectivity index (χ1v) is 11.7. The fourth-order valence-electron chi connectivity index (χ4n) is 4.40. The molecule has 0 spiro atoms. The highest BCUT2D eigenvalue weighted by Crippen LogP contribution is 2.36. The molecule has 1 saturated heterocycles. The highest BCUT2D eigenvalue weighted by atomic mass is 35.5. The highest BCUT2D eigenvalue weighted by Gasteiger charge is 2.28. The second-order valence-corrected chi connectivity index (χ2v) is 9.17. The number of aromatic nitrogens is 4. The van der Waals surface area contributed by atoms with Gasteiger partial charge < -0.3 is 19.3 Å². The topological polar surface area (TPSA) is 102 Å². The summed E-state index contributed by atoms with van der Waals surface area (Å²) >= 11 is 12.8. The zero-order valence-corrected chi connectivity index (χ0v) is 20.2. The number of carboxylic acid groups (broad SMARTS) is 1. The number of aromatic carboxylic acids is 1. The van der Waals surface area contributed by atoms with E-state index in [2.05, 4.69) is 14.9 Å². The van der Waals surface area contributed by atoms with E-state index in [4.69, 9.17) is 27.9 Å². The molecule has 0 saturated carbocycles. The Morgan fingerprint density at radius 1 is 1.23 bits per heavy atom. The summed E-state index contributed by atoms with van der Waals surface area (Å²) in [7, 11) is 1.81. The molecule has 1 N–H and O–H groups in total. The molecule has 4 aromatic rings. The molecule has 1 aliphatic heterocycles. The normalized spacial score (nSPS) is 15.6. The number of imidazole rings is 1. The maximum atomic E-state index is 13.0. The third kappa shape index (κ3) is 4.33. The van der Waals surface area contributed by atoms with Gasteiger partial charge in [0.25, 0.3) is 0 Å². The van der Waals surface area contributed by atoms with Gasteiger partial charge in [0.1, 0.15) is 17.2 Å². The molecule has 180 valence electrons. The zero-order chi connectivity index (χ0) is 24.7. The van der Waals surface area contributed by atoms with Crippen LogP contribution < -0.4 is 15.1 Å². The fourth-order valence-corrected chi connectivity index (χ4v) is 4.85. The molecular weight excluding hydrogens is 493 g/mol. The lowest BCUT2D eigenvalue weighted by molar-refractivity contribution is 0.0695. The number of pyridine rings is 2. The number of benzene rings is 1. The van der Waals surface area contributed by atoms with Crippen molar-refractivity contribution in [2.45, 2.75) is 18.9 Å². The van der Waals surface area contributed by atoms with Crippen LogP contribution in [0.2, 0.25) is 10.0 Å². The second kappa shape index (κ2) is 9.24. The molecule has 3 aromatic heterocycles. The van der Waals surface area contributed by atoms with E-state index in [9.17, 15) is 14.7 Å². The average molecular weight is 514 g/mol. The molecule has 4 heterocycles. The zero-order valence-electron chi connectivity index (χ0n) is 18.7. The largest absolute Gasteiger partial charge is 0.477 e. The molecule has 0 bridgehead atoms. The molecule has 1 aliphatic rings. The number of carbonyl (C=O) groups is 1. The van der Waals surface area contributed by atoms with Gasteiger partial charge in [-0.1, -0.05) is 23.2 Å². The molecule has 0 amide bonds. The quantitative estimate of drug-likeness (QED) is 0.412. The third-order valence-electron chi connectivity index (χ3n) is 6.06. The predicted molar refractivity (Wildman–Crippen MR) is 133 cm³/mol. The SMILES string of the molecule is Cn1cnc(-n2cc(C(=O)O)c(=O)c3cc(Cl)c(N4CCC[C@@H]4COc4ncccc4Cl)cc32)c1. The summed E-state index contributed by atoms with van der Waals surface area (Å²) in [4.78, 5) is 35.4. The summed E-state index contributed by atoms with van der Waals surface area (Å²) < 4.78 is 9.25. The van der Waals surface area contributed by atoms with Gasteiger partial charge in [-0.05, 0) is 37.1 Å². The van der Waals surface area contributed by atoms with Crippen LogP contribution >= 0.6 is 23.2 Å². The number of ether oxygens (including phenoxy) is 1. The van der Waals surface area contributed by atoms with Gasteiger partial charge in [0.2, 0.25) is 11.3 Å². The number of carboxylic acids is 1. The predicted octanol–water partition coefficient (Wildman–Crippen LogP) is 4.17. The van der Waals surface area contributed by atoms with Crippen molar-refractivity contribution in [2.75, 3.05) is 18.1 Å². The number of aryl methyl sites for hydroxylation is 1. The Morgan fingerprint density at radius 2 is 2.06 bits per heavy atom. The number of anilines is 1. The molecule has 35 heavy (non-hydrogen) atoms. The molecule has 1 fully saturated rings. The molecule has 0 radical (unpaired) electrons. The maximum Gasteiger partial charge on any atom is 0.341 e. The number of halogens is 2. The Labute approximate surface area is 210 Å². The van der Waals surface area contributed by atoms with E-state index >= 15 is 0 Å². The van der Waals surface area contributed by atoms with Crippen LogP contribution in [0, 0.1) is 0 Å². The average Bonchev–Trinajstić information content (AvgIpc) is 3.47. The summed E-state index contributed by atoms with van der Waals surface area (Å²) in [5, 5.41) is 10.6. The van der Waals surface area contributed by atoms with Crippen LogP contribution in [0.4, 0.5) is 5.69 Å². The molecule has 0 aliphatic carbocycles. The highest BCUT2D eigenvalue weighted by molar-refractivity contribution is 6.34. The molecule has 1 atom stereocenters. The minimum atomic E-state index is -1.31. The minimum absolute atomic E-state index is 0.0105. The maximum absolute atomic E-state index is 13.0. The van der Waals surface area contributed by atoms with Crippen LogP contribution in [0.15, 0.2) is 54.0 Å². The van der Waals surface area contributed by atoms with E-state index in [0.29, 0.717) is 33.9 Å². The van der Waals surface area contributed by atoms with Gasteiger partial charge in [-0.3, -0.25) is 9.36 Å². The van der Waals surface area contributed by atoms with Gasteiger partial charge in [-0.15, -0.1) is 0 Å². The Kier molecular flexibility index (Phi) is 6.12. The lowest BCUT2D eigenvalue weighted by Crippen LogP contribution is -2.34. The van der Waals surface area contributed by atoms with E-state index < -0.39 is 11.4 Å². The molecule has 9 nitrogen and oxygen atoms in total. The molecule has 1 aromatic carbocycles. The molecule has 0 unspecified atom stereocenters. The lowest BCUT2D eigenvalue weighted by Gasteiger charge is -2.28. The van der Waals surface area contributed by atoms with E-state index in [1.54, 1.807) is 40.0 Å². The van der Waals surface area contributed by atoms with Crippen molar-refractivity contribution in [3.8, 4) is 11.7 Å². The van der Waals surface area contributed by atoms with Gasteiger partial charge in [0, 0.05) is 37.6 Å². The van der Waals surface area contributed by atoms with Gasteiger partial charge in [0.15, 0.2) is 5.82 Å². The van der Waals surface area contributed by atoms with Crippen molar-refractivity contribution in [1.29, 1.82) is 0 Å². The van der Waals surface area contributed by atoms with Gasteiger partial charge >= 0.3 is 5.97 Å². The number of hydrogen-bond donors (Lipinski definition) is 1. The summed E-state index contributed by atoms with van der Waals surface area (Å²) in [6, 6.07) is 6.82. The van der Waals surface area contributed by atoms with Crippen LogP contribution in [0.3, 0.4) is 0 Å². The van der Waals surface area contributed by atoms with Crippen molar-refractivity contribution in [1.82, 2.24) is 19.1 Å². The van der Waals surface area contributed by atoms with E-state index in [0.717, 1.165) is 25.1 Å². The van der Waals surface area contributed by atoms with Gasteiger partial charge in [-0.2, -0.15) is 0 Å². The number of hydrogen-bond acceptors (Lipinski definition) is 6. The number of nitrogens with zero attached hydrogens (tertiary/aromatic N) is 5. The Balaban J connectivity index is 1.58. The van der Waals surface area contributed by atoms with Crippen LogP contribution in [0.5, 0.6) is 5.88 Å². The van der Waals surface area contributed by atoms with Crippen molar-refractivity contribution in [3.63, 3.8) is 0 Å². The lowest BCUT2D eigenvalue weighted by atomic mass is 10.1. The van der Waals surface area contributed by atoms with Gasteiger partial charge in [-0.25, -0.2) is 14.8 Å². The van der Waals surface area contributed by atoms with Crippen LogP contribution in [-0.2, 0) is 7.05 Å². The monoisotopic (exact) mass is 513 g/mol. The Hall–Kier alpha value is -3.56. The van der Waals surface area contributed by atoms with Crippen LogP contribution in [0.25, 0.3) is 16.7 Å². The minimum Gasteiger partial charge on any atom is -0.477 e. The summed E-state index contributed by atoms with van der Waals surface area (Å²) in [5.74, 6) is -0.457. The van der Waals surface area contributed by atoms with Crippen molar-refractivity contribution < 1.29 is 14.6 Å². The number of fused-ring (bicyclic) bond motifs is 1. The third-order valence-corrected chi connectivity index (χ3v) is 6.65. The van der Waals surface area contributed by atoms with E-state index in [1.165, 1.54) is 12.3 Å². The molecule has 5 rings (SSSR count). The van der Waals surface area contributed by atoms with Crippen LogP contribution in [-0.4, -0.2) is 49.4 Å². The Bertz CT molecular complexity index is 1500. The van der Waals surface area contributed by atoms with Crippen molar-refractivity contribution in [3.05, 3.63) is 75.0 Å².